The van der Waals surface area contributed by atoms with Crippen molar-refractivity contribution in [3.05, 3.63) is 23.3 Å². The summed E-state index contributed by atoms with van der Waals surface area (Å²) in [4.78, 5) is 12.8. The van der Waals surface area contributed by atoms with Crippen molar-refractivity contribution in [1.82, 2.24) is 5.32 Å². The van der Waals surface area contributed by atoms with Crippen LogP contribution in [-0.4, -0.2) is 18.9 Å². The Morgan fingerprint density at radius 2 is 2.06 bits per heavy atom. The second-order valence-electron chi connectivity index (χ2n) is 5.70. The van der Waals surface area contributed by atoms with E-state index in [4.69, 9.17) is 0 Å². The smallest absolute Gasteiger partial charge is 0.170 e. The Hall–Kier alpha value is -0.890. The molecule has 0 amide bonds. The molecule has 0 saturated carbocycles. The highest BCUT2D eigenvalue weighted by atomic mass is 16.1. The van der Waals surface area contributed by atoms with Crippen molar-refractivity contribution < 1.29 is 4.79 Å². The molecule has 1 unspecified atom stereocenters. The molecule has 2 nitrogen and oxygen atoms in total. The molecule has 1 N–H and O–H groups in total. The van der Waals surface area contributed by atoms with Crippen LogP contribution >= 0.6 is 0 Å². The van der Waals surface area contributed by atoms with E-state index in [1.807, 2.05) is 0 Å². The SMILES string of the molecule is O=C1C2=C(CCC=C2)CCCC12CCCNC2. The van der Waals surface area contributed by atoms with E-state index in [0.717, 1.165) is 57.2 Å². The van der Waals surface area contributed by atoms with E-state index in [1.54, 1.807) is 0 Å². The minimum atomic E-state index is -0.0724. The lowest BCUT2D eigenvalue weighted by molar-refractivity contribution is -0.125. The van der Waals surface area contributed by atoms with E-state index in [2.05, 4.69) is 17.5 Å². The topological polar surface area (TPSA) is 29.1 Å². The Labute approximate surface area is 103 Å². The van der Waals surface area contributed by atoms with Crippen molar-refractivity contribution >= 4 is 5.78 Å². The number of allylic oxidation sites excluding steroid dienone is 4. The van der Waals surface area contributed by atoms with Crippen LogP contribution in [0.15, 0.2) is 23.3 Å². The van der Waals surface area contributed by atoms with Gasteiger partial charge in [0.05, 0.1) is 0 Å². The van der Waals surface area contributed by atoms with Gasteiger partial charge in [0.25, 0.3) is 0 Å². The fraction of sp³-hybridized carbons (Fsp3) is 0.667. The lowest BCUT2D eigenvalue weighted by Gasteiger charge is -2.36. The minimum Gasteiger partial charge on any atom is -0.316 e. The number of nitrogens with one attached hydrogen (secondary N) is 1. The standard InChI is InChI=1S/C15H21NO/c17-14-13-7-2-1-5-12(13)6-3-8-15(14)9-4-10-16-11-15/h2,7,16H,1,3-6,8-11H2. The normalized spacial score (nSPS) is 33.8. The van der Waals surface area contributed by atoms with Gasteiger partial charge < -0.3 is 5.32 Å². The van der Waals surface area contributed by atoms with Gasteiger partial charge in [-0.1, -0.05) is 17.7 Å². The van der Waals surface area contributed by atoms with E-state index < -0.39 is 0 Å². The average Bonchev–Trinajstić information content (AvgIpc) is 2.51. The molecule has 1 spiro atoms. The monoisotopic (exact) mass is 231 g/mol. The van der Waals surface area contributed by atoms with E-state index in [1.165, 1.54) is 12.0 Å². The molecule has 92 valence electrons. The molecule has 0 aromatic rings. The predicted molar refractivity (Wildman–Crippen MR) is 68.8 cm³/mol. The molecule has 1 saturated heterocycles. The van der Waals surface area contributed by atoms with Gasteiger partial charge in [-0.2, -0.15) is 0 Å². The Kier molecular flexibility index (Phi) is 2.91. The van der Waals surface area contributed by atoms with E-state index in [9.17, 15) is 4.79 Å². The van der Waals surface area contributed by atoms with Crippen molar-refractivity contribution in [3.8, 4) is 0 Å². The first-order valence-electron chi connectivity index (χ1n) is 6.96. The van der Waals surface area contributed by atoms with Crippen LogP contribution in [0.3, 0.4) is 0 Å². The number of carbonyl (C=O) groups excluding carboxylic acids is 1. The summed E-state index contributed by atoms with van der Waals surface area (Å²) in [7, 11) is 0. The van der Waals surface area contributed by atoms with Gasteiger partial charge >= 0.3 is 0 Å². The first kappa shape index (κ1) is 11.2. The number of Topliss-reactive ketones (excluding diaryl/α,β-unsaturated/α-hetero) is 1. The third-order valence-corrected chi connectivity index (χ3v) is 4.61. The van der Waals surface area contributed by atoms with Crippen molar-refractivity contribution in [2.24, 2.45) is 5.41 Å². The second kappa shape index (κ2) is 4.41. The molecular formula is C15H21NO. The van der Waals surface area contributed by atoms with E-state index in [0.29, 0.717) is 5.78 Å². The first-order chi connectivity index (χ1) is 8.32. The molecule has 1 aliphatic heterocycles. The molecular weight excluding hydrogens is 210 g/mol. The summed E-state index contributed by atoms with van der Waals surface area (Å²) in [6.07, 6.45) is 12.2. The number of rotatable bonds is 0. The van der Waals surface area contributed by atoms with Gasteiger partial charge in [-0.3, -0.25) is 4.79 Å². The van der Waals surface area contributed by atoms with Gasteiger partial charge in [-0.15, -0.1) is 0 Å². The van der Waals surface area contributed by atoms with Gasteiger partial charge in [-0.05, 0) is 51.5 Å². The lowest BCUT2D eigenvalue weighted by Crippen LogP contribution is -2.45. The van der Waals surface area contributed by atoms with Gasteiger partial charge in [0.2, 0.25) is 0 Å². The molecule has 3 aliphatic rings. The molecule has 1 fully saturated rings. The van der Waals surface area contributed by atoms with Crippen LogP contribution in [-0.2, 0) is 4.79 Å². The minimum absolute atomic E-state index is 0.0724. The summed E-state index contributed by atoms with van der Waals surface area (Å²) in [5.74, 6) is 0.438. The Balaban J connectivity index is 1.95. The van der Waals surface area contributed by atoms with Crippen LogP contribution < -0.4 is 5.32 Å². The number of hydrogen-bond acceptors (Lipinski definition) is 2. The predicted octanol–water partition coefficient (Wildman–Crippen LogP) is 2.76. The third-order valence-electron chi connectivity index (χ3n) is 4.61. The Bertz CT molecular complexity index is 386. The maximum Gasteiger partial charge on any atom is 0.170 e. The molecule has 17 heavy (non-hydrogen) atoms. The highest BCUT2D eigenvalue weighted by Crippen LogP contribution is 2.41. The van der Waals surface area contributed by atoms with Crippen LogP contribution in [0, 0.1) is 5.41 Å². The molecule has 0 radical (unpaired) electrons. The van der Waals surface area contributed by atoms with E-state index >= 15 is 0 Å². The van der Waals surface area contributed by atoms with Crippen molar-refractivity contribution in [1.29, 1.82) is 0 Å². The highest BCUT2D eigenvalue weighted by molar-refractivity contribution is 6.03. The number of carbonyl (C=O) groups is 1. The molecule has 1 heterocycles. The zero-order valence-corrected chi connectivity index (χ0v) is 10.4. The molecule has 1 atom stereocenters. The van der Waals surface area contributed by atoms with Crippen molar-refractivity contribution in [2.75, 3.05) is 13.1 Å². The summed E-state index contributed by atoms with van der Waals surface area (Å²) < 4.78 is 0. The van der Waals surface area contributed by atoms with Crippen LogP contribution in [0.4, 0.5) is 0 Å². The molecule has 0 aromatic carbocycles. The maximum atomic E-state index is 12.8. The fourth-order valence-electron chi connectivity index (χ4n) is 3.62. The Morgan fingerprint density at radius 3 is 2.88 bits per heavy atom. The average molecular weight is 231 g/mol. The number of hydrogen-bond donors (Lipinski definition) is 1. The molecule has 2 aliphatic carbocycles. The van der Waals surface area contributed by atoms with Gasteiger partial charge in [0.1, 0.15) is 0 Å². The number of piperidine rings is 1. The lowest BCUT2D eigenvalue weighted by atomic mass is 9.72. The van der Waals surface area contributed by atoms with Crippen molar-refractivity contribution in [3.63, 3.8) is 0 Å². The maximum absolute atomic E-state index is 12.8. The zero-order chi connectivity index (χ0) is 11.7. The molecule has 3 rings (SSSR count). The highest BCUT2D eigenvalue weighted by Gasteiger charge is 2.42. The second-order valence-corrected chi connectivity index (χ2v) is 5.70. The van der Waals surface area contributed by atoms with Crippen LogP contribution in [0.1, 0.15) is 44.9 Å². The summed E-state index contributed by atoms with van der Waals surface area (Å²) in [6.45, 7) is 1.98. The molecule has 2 heteroatoms. The van der Waals surface area contributed by atoms with Crippen molar-refractivity contribution in [2.45, 2.75) is 44.9 Å². The molecule has 0 bridgehead atoms. The molecule has 0 aromatic heterocycles. The fourth-order valence-corrected chi connectivity index (χ4v) is 3.62. The number of ketones is 1. The third kappa shape index (κ3) is 1.89. The van der Waals surface area contributed by atoms with Crippen LogP contribution in [0.2, 0.25) is 0 Å². The summed E-state index contributed by atoms with van der Waals surface area (Å²) >= 11 is 0. The van der Waals surface area contributed by atoms with E-state index in [-0.39, 0.29) is 5.41 Å². The largest absolute Gasteiger partial charge is 0.316 e. The van der Waals surface area contributed by atoms with Crippen LogP contribution in [0.25, 0.3) is 0 Å². The van der Waals surface area contributed by atoms with Crippen LogP contribution in [0.5, 0.6) is 0 Å². The first-order valence-corrected chi connectivity index (χ1v) is 6.96. The summed E-state index contributed by atoms with van der Waals surface area (Å²) in [6, 6.07) is 0. The van der Waals surface area contributed by atoms with Gasteiger partial charge in [0, 0.05) is 17.5 Å². The van der Waals surface area contributed by atoms with Gasteiger partial charge in [0.15, 0.2) is 5.78 Å². The summed E-state index contributed by atoms with van der Waals surface area (Å²) in [5.41, 5.74) is 2.43. The Morgan fingerprint density at radius 1 is 1.18 bits per heavy atom. The quantitative estimate of drug-likeness (QED) is 0.694. The zero-order valence-electron chi connectivity index (χ0n) is 10.4. The summed E-state index contributed by atoms with van der Waals surface area (Å²) in [5, 5.41) is 3.43. The van der Waals surface area contributed by atoms with Gasteiger partial charge in [-0.25, -0.2) is 0 Å².